The van der Waals surface area contributed by atoms with Crippen LogP contribution in [0.5, 0.6) is 0 Å². The van der Waals surface area contributed by atoms with E-state index in [1.807, 2.05) is 0 Å². The summed E-state index contributed by atoms with van der Waals surface area (Å²) >= 11 is 0. The van der Waals surface area contributed by atoms with Crippen LogP contribution in [-0.4, -0.2) is 6.10 Å². The smallest absolute Gasteiger partial charge is 0.102 e. The molecule has 0 saturated heterocycles. The van der Waals surface area contributed by atoms with E-state index in [2.05, 4.69) is 43.8 Å². The van der Waals surface area contributed by atoms with Crippen LogP contribution >= 0.6 is 0 Å². The van der Waals surface area contributed by atoms with E-state index in [0.29, 0.717) is 17.4 Å². The van der Waals surface area contributed by atoms with Gasteiger partial charge >= 0.3 is 0 Å². The monoisotopic (exact) mass is 256 g/mol. The van der Waals surface area contributed by atoms with Crippen molar-refractivity contribution >= 4 is 0 Å². The van der Waals surface area contributed by atoms with Gasteiger partial charge in [-0.3, -0.25) is 0 Å². The molecule has 19 heavy (non-hydrogen) atoms. The summed E-state index contributed by atoms with van der Waals surface area (Å²) in [6.07, 6.45) is 8.50. The summed E-state index contributed by atoms with van der Waals surface area (Å²) in [6, 6.07) is 11.1. The number of hydrogen-bond acceptors (Lipinski definition) is 1. The molecule has 0 N–H and O–H groups in total. The molecule has 0 radical (unpaired) electrons. The molecule has 2 aliphatic rings. The second-order valence-electron chi connectivity index (χ2n) is 6.26. The van der Waals surface area contributed by atoms with E-state index in [-0.39, 0.29) is 0 Å². The predicted molar refractivity (Wildman–Crippen MR) is 78.9 cm³/mol. The minimum atomic E-state index is 0.354. The molecule has 1 aromatic carbocycles. The van der Waals surface area contributed by atoms with Gasteiger partial charge in [-0.2, -0.15) is 0 Å². The van der Waals surface area contributed by atoms with Gasteiger partial charge in [-0.05, 0) is 37.2 Å². The third kappa shape index (κ3) is 2.00. The highest BCUT2D eigenvalue weighted by atomic mass is 16.5. The highest BCUT2D eigenvalue weighted by molar-refractivity contribution is 5.30. The van der Waals surface area contributed by atoms with Crippen LogP contribution in [0.4, 0.5) is 0 Å². The van der Waals surface area contributed by atoms with Crippen LogP contribution in [0.1, 0.15) is 44.6 Å². The largest absolute Gasteiger partial charge is 0.498 e. The summed E-state index contributed by atoms with van der Waals surface area (Å²) in [5.74, 6) is 1.53. The first-order chi connectivity index (χ1) is 9.30. The summed E-state index contributed by atoms with van der Waals surface area (Å²) in [5.41, 5.74) is 1.88. The Morgan fingerprint density at radius 1 is 1.32 bits per heavy atom. The third-order valence-electron chi connectivity index (χ3n) is 5.28. The molecule has 0 aromatic heterocycles. The number of benzene rings is 1. The molecule has 2 bridgehead atoms. The standard InChI is InChI=1S/C18H24O/c1-3-10-18(15-8-6-5-7-9-15)13-14-11-16(18)17(12-14)19-4-2/h4-9,14,16-17H,2-3,10-13H2,1H3. The third-order valence-corrected chi connectivity index (χ3v) is 5.28. The zero-order valence-electron chi connectivity index (χ0n) is 11.8. The summed E-state index contributed by atoms with van der Waals surface area (Å²) < 4.78 is 5.82. The van der Waals surface area contributed by atoms with Gasteiger partial charge in [0.05, 0.1) is 6.26 Å². The van der Waals surface area contributed by atoms with Crippen LogP contribution in [0, 0.1) is 11.8 Å². The van der Waals surface area contributed by atoms with Gasteiger partial charge in [0.1, 0.15) is 6.10 Å². The van der Waals surface area contributed by atoms with Crippen molar-refractivity contribution < 1.29 is 4.74 Å². The summed E-state index contributed by atoms with van der Waals surface area (Å²) in [5, 5.41) is 0. The van der Waals surface area contributed by atoms with Crippen LogP contribution in [0.2, 0.25) is 0 Å². The number of fused-ring (bicyclic) bond motifs is 2. The molecule has 1 nitrogen and oxygen atoms in total. The first-order valence-corrected chi connectivity index (χ1v) is 7.62. The van der Waals surface area contributed by atoms with E-state index >= 15 is 0 Å². The Morgan fingerprint density at radius 2 is 2.11 bits per heavy atom. The minimum Gasteiger partial charge on any atom is -0.498 e. The highest BCUT2D eigenvalue weighted by Gasteiger charge is 2.56. The lowest BCUT2D eigenvalue weighted by Gasteiger charge is -2.42. The molecular weight excluding hydrogens is 232 g/mol. The van der Waals surface area contributed by atoms with Gasteiger partial charge in [-0.1, -0.05) is 50.3 Å². The lowest BCUT2D eigenvalue weighted by Crippen LogP contribution is -2.40. The Hall–Kier alpha value is -1.24. The van der Waals surface area contributed by atoms with Crippen LogP contribution in [0.15, 0.2) is 43.2 Å². The molecule has 0 aliphatic heterocycles. The Morgan fingerprint density at radius 3 is 2.74 bits per heavy atom. The van der Waals surface area contributed by atoms with E-state index in [1.165, 1.54) is 37.7 Å². The first-order valence-electron chi connectivity index (χ1n) is 7.62. The molecule has 2 saturated carbocycles. The number of ether oxygens (including phenoxy) is 1. The van der Waals surface area contributed by atoms with Crippen LogP contribution in [0.3, 0.4) is 0 Å². The number of hydrogen-bond donors (Lipinski definition) is 0. The molecule has 102 valence electrons. The lowest BCUT2D eigenvalue weighted by molar-refractivity contribution is 0.0441. The van der Waals surface area contributed by atoms with Crippen molar-refractivity contribution in [3.05, 3.63) is 48.7 Å². The van der Waals surface area contributed by atoms with Gasteiger partial charge in [0.15, 0.2) is 0 Å². The van der Waals surface area contributed by atoms with Crippen LogP contribution < -0.4 is 0 Å². The molecule has 1 heteroatoms. The van der Waals surface area contributed by atoms with E-state index in [0.717, 1.165) is 5.92 Å². The van der Waals surface area contributed by atoms with Crippen molar-refractivity contribution in [3.63, 3.8) is 0 Å². The fourth-order valence-electron chi connectivity index (χ4n) is 4.77. The average molecular weight is 256 g/mol. The molecule has 1 aromatic rings. The molecular formula is C18H24O. The maximum atomic E-state index is 5.82. The molecule has 2 fully saturated rings. The van der Waals surface area contributed by atoms with Crippen molar-refractivity contribution in [1.82, 2.24) is 0 Å². The Kier molecular flexibility index (Phi) is 3.38. The normalized spacial score (nSPS) is 36.4. The summed E-state index contributed by atoms with van der Waals surface area (Å²) in [7, 11) is 0. The van der Waals surface area contributed by atoms with Crippen molar-refractivity contribution in [2.45, 2.75) is 50.5 Å². The molecule has 0 amide bonds. The van der Waals surface area contributed by atoms with E-state index in [9.17, 15) is 0 Å². The fraction of sp³-hybridized carbons (Fsp3) is 0.556. The van der Waals surface area contributed by atoms with Crippen molar-refractivity contribution in [2.24, 2.45) is 11.8 Å². The molecule has 2 aliphatic carbocycles. The second-order valence-corrected chi connectivity index (χ2v) is 6.26. The zero-order valence-corrected chi connectivity index (χ0v) is 11.8. The van der Waals surface area contributed by atoms with Gasteiger partial charge in [0, 0.05) is 11.3 Å². The van der Waals surface area contributed by atoms with Crippen molar-refractivity contribution in [1.29, 1.82) is 0 Å². The van der Waals surface area contributed by atoms with Crippen LogP contribution in [0.25, 0.3) is 0 Å². The number of rotatable bonds is 5. The van der Waals surface area contributed by atoms with E-state index < -0.39 is 0 Å². The molecule has 0 heterocycles. The Balaban J connectivity index is 1.96. The molecule has 0 spiro atoms. The summed E-state index contributed by atoms with van der Waals surface area (Å²) in [6.45, 7) is 6.06. The van der Waals surface area contributed by atoms with Gasteiger partial charge < -0.3 is 4.74 Å². The first kappa shape index (κ1) is 12.8. The molecule has 4 atom stereocenters. The second kappa shape index (κ2) is 5.03. The zero-order chi connectivity index (χ0) is 13.3. The SMILES string of the molecule is C=COC1CC2CC1C(CCC)(c1ccccc1)C2. The summed E-state index contributed by atoms with van der Waals surface area (Å²) in [4.78, 5) is 0. The predicted octanol–water partition coefficient (Wildman–Crippen LogP) is 4.68. The van der Waals surface area contributed by atoms with Crippen molar-refractivity contribution in [3.8, 4) is 0 Å². The van der Waals surface area contributed by atoms with Crippen LogP contribution in [-0.2, 0) is 10.2 Å². The van der Waals surface area contributed by atoms with Crippen molar-refractivity contribution in [2.75, 3.05) is 0 Å². The maximum absolute atomic E-state index is 5.82. The maximum Gasteiger partial charge on any atom is 0.102 e. The average Bonchev–Trinajstić information content (AvgIpc) is 2.99. The quantitative estimate of drug-likeness (QED) is 0.695. The fourth-order valence-corrected chi connectivity index (χ4v) is 4.77. The van der Waals surface area contributed by atoms with E-state index in [1.54, 1.807) is 6.26 Å². The van der Waals surface area contributed by atoms with Gasteiger partial charge in [-0.25, -0.2) is 0 Å². The Labute approximate surface area is 116 Å². The minimum absolute atomic E-state index is 0.354. The molecule has 4 unspecified atom stereocenters. The lowest BCUT2D eigenvalue weighted by atomic mass is 9.65. The van der Waals surface area contributed by atoms with Gasteiger partial charge in [0.2, 0.25) is 0 Å². The molecule has 3 rings (SSSR count). The van der Waals surface area contributed by atoms with Gasteiger partial charge in [0.25, 0.3) is 0 Å². The van der Waals surface area contributed by atoms with E-state index in [4.69, 9.17) is 4.74 Å². The topological polar surface area (TPSA) is 9.23 Å². The Bertz CT molecular complexity index is 438. The highest BCUT2D eigenvalue weighted by Crippen LogP contribution is 2.59. The van der Waals surface area contributed by atoms with Gasteiger partial charge in [-0.15, -0.1) is 0 Å².